The monoisotopic (exact) mass is 337 g/mol. The number of nitrogens with one attached hydrogen (secondary N) is 3. The number of nitrogens with zero attached hydrogens (tertiary/aromatic N) is 2. The maximum absolute atomic E-state index is 12.7. The molecule has 0 atom stereocenters. The lowest BCUT2D eigenvalue weighted by molar-refractivity contribution is -0.114. The molecule has 0 spiro atoms. The number of benzene rings is 1. The van der Waals surface area contributed by atoms with Crippen molar-refractivity contribution in [3.63, 3.8) is 0 Å². The van der Waals surface area contributed by atoms with Gasteiger partial charge in [0.25, 0.3) is 6.43 Å². The van der Waals surface area contributed by atoms with Crippen molar-refractivity contribution in [1.29, 1.82) is 0 Å². The number of alkyl halides is 2. The fourth-order valence-corrected chi connectivity index (χ4v) is 2.10. The summed E-state index contributed by atoms with van der Waals surface area (Å²) in [5, 5.41) is 11.4. The lowest BCUT2D eigenvalue weighted by Gasteiger charge is -2.10. The number of halogens is 2. The Morgan fingerprint density at radius 2 is 1.88 bits per heavy atom. The van der Waals surface area contributed by atoms with Crippen molar-refractivity contribution >= 4 is 29.1 Å². The highest BCUT2D eigenvalue weighted by molar-refractivity contribution is 5.99. The zero-order valence-electron chi connectivity index (χ0n) is 13.4. The number of carbonyl (C=O) groups is 2. The van der Waals surface area contributed by atoms with Crippen molar-refractivity contribution in [3.05, 3.63) is 35.5 Å². The summed E-state index contributed by atoms with van der Waals surface area (Å²) in [6.07, 6.45) is -2.68. The lowest BCUT2D eigenvalue weighted by atomic mass is 10.1. The minimum Gasteiger partial charge on any atom is -0.326 e. The number of hydrogen-bond donors (Lipinski definition) is 3. The molecule has 0 saturated carbocycles. The molecule has 0 saturated heterocycles. The van der Waals surface area contributed by atoms with Crippen LogP contribution in [0.5, 0.6) is 0 Å². The highest BCUT2D eigenvalue weighted by Crippen LogP contribution is 2.22. The normalized spacial score (nSPS) is 10.6. The van der Waals surface area contributed by atoms with Crippen LogP contribution >= 0.6 is 0 Å². The number of amides is 3. The van der Waals surface area contributed by atoms with Crippen molar-refractivity contribution in [2.24, 2.45) is 7.05 Å². The summed E-state index contributed by atoms with van der Waals surface area (Å²) < 4.78 is 26.4. The van der Waals surface area contributed by atoms with Crippen LogP contribution in [-0.2, 0) is 11.8 Å². The van der Waals surface area contributed by atoms with Crippen LogP contribution < -0.4 is 16.0 Å². The van der Waals surface area contributed by atoms with Crippen molar-refractivity contribution in [2.75, 3.05) is 16.0 Å². The van der Waals surface area contributed by atoms with Gasteiger partial charge in [-0.1, -0.05) is 0 Å². The minimum absolute atomic E-state index is 0.0249. The second kappa shape index (κ2) is 7.07. The number of aryl methyl sites for hydroxylation is 2. The highest BCUT2D eigenvalue weighted by atomic mass is 19.3. The predicted octanol–water partition coefficient (Wildman–Crippen LogP) is 3.27. The Bertz CT molecular complexity index is 773. The van der Waals surface area contributed by atoms with E-state index in [0.717, 1.165) is 16.3 Å². The minimum atomic E-state index is -2.68. The molecular formula is C15H17F2N5O2. The smallest absolute Gasteiger partial charge is 0.324 e. The van der Waals surface area contributed by atoms with Gasteiger partial charge in [-0.05, 0) is 30.7 Å². The molecule has 1 aromatic heterocycles. The van der Waals surface area contributed by atoms with Crippen LogP contribution in [0.4, 0.5) is 30.8 Å². The molecule has 3 amide bonds. The Morgan fingerprint density at radius 1 is 1.17 bits per heavy atom. The maximum atomic E-state index is 12.7. The van der Waals surface area contributed by atoms with Crippen LogP contribution in [0.15, 0.2) is 24.3 Å². The Morgan fingerprint density at radius 3 is 2.42 bits per heavy atom. The average molecular weight is 337 g/mol. The quantitative estimate of drug-likeness (QED) is 0.800. The van der Waals surface area contributed by atoms with Gasteiger partial charge in [-0.15, -0.1) is 0 Å². The first-order valence-electron chi connectivity index (χ1n) is 7.04. The van der Waals surface area contributed by atoms with E-state index in [1.54, 1.807) is 25.1 Å². The second-order valence-electron chi connectivity index (χ2n) is 5.17. The number of rotatable bonds is 4. The van der Waals surface area contributed by atoms with Crippen molar-refractivity contribution < 1.29 is 18.4 Å². The molecule has 3 N–H and O–H groups in total. The Hall–Kier alpha value is -2.97. The van der Waals surface area contributed by atoms with Gasteiger partial charge in [-0.2, -0.15) is 5.10 Å². The molecule has 128 valence electrons. The van der Waals surface area contributed by atoms with Gasteiger partial charge >= 0.3 is 6.03 Å². The van der Waals surface area contributed by atoms with Crippen LogP contribution in [0.3, 0.4) is 0 Å². The first kappa shape index (κ1) is 17.4. The van der Waals surface area contributed by atoms with Gasteiger partial charge in [0.2, 0.25) is 5.91 Å². The molecule has 7 nitrogen and oxygen atoms in total. The van der Waals surface area contributed by atoms with Crippen molar-refractivity contribution in [2.45, 2.75) is 20.3 Å². The van der Waals surface area contributed by atoms with Gasteiger partial charge in [0.15, 0.2) is 5.82 Å². The molecule has 0 aliphatic heterocycles. The van der Waals surface area contributed by atoms with E-state index < -0.39 is 12.5 Å². The van der Waals surface area contributed by atoms with Gasteiger partial charge in [0.05, 0.1) is 0 Å². The van der Waals surface area contributed by atoms with Crippen LogP contribution in [0.25, 0.3) is 0 Å². The first-order valence-corrected chi connectivity index (χ1v) is 7.04. The lowest BCUT2D eigenvalue weighted by Crippen LogP contribution is -2.20. The summed E-state index contributed by atoms with van der Waals surface area (Å²) in [4.78, 5) is 23.0. The molecular weight excluding hydrogens is 320 g/mol. The predicted molar refractivity (Wildman–Crippen MR) is 86.3 cm³/mol. The van der Waals surface area contributed by atoms with Crippen LogP contribution in [0, 0.1) is 6.92 Å². The summed E-state index contributed by atoms with van der Waals surface area (Å²) >= 11 is 0. The third kappa shape index (κ3) is 4.28. The summed E-state index contributed by atoms with van der Waals surface area (Å²) in [7, 11) is 1.37. The Kier molecular flexibility index (Phi) is 5.12. The number of anilines is 3. The largest absolute Gasteiger partial charge is 0.326 e. The molecule has 0 bridgehead atoms. The van der Waals surface area contributed by atoms with E-state index in [1.165, 1.54) is 14.0 Å². The van der Waals surface area contributed by atoms with Crippen molar-refractivity contribution in [3.8, 4) is 0 Å². The van der Waals surface area contributed by atoms with E-state index in [0.29, 0.717) is 11.4 Å². The molecule has 1 heterocycles. The van der Waals surface area contributed by atoms with Crippen LogP contribution in [0.2, 0.25) is 0 Å². The first-order chi connectivity index (χ1) is 11.3. The molecule has 0 fully saturated rings. The van der Waals surface area contributed by atoms with Crippen LogP contribution in [-0.4, -0.2) is 21.7 Å². The number of aromatic nitrogens is 2. The fourth-order valence-electron chi connectivity index (χ4n) is 2.10. The molecule has 2 rings (SSSR count). The van der Waals surface area contributed by atoms with E-state index in [1.807, 2.05) is 0 Å². The van der Waals surface area contributed by atoms with Gasteiger partial charge in [-0.3, -0.25) is 14.8 Å². The van der Waals surface area contributed by atoms with E-state index >= 15 is 0 Å². The van der Waals surface area contributed by atoms with Crippen molar-refractivity contribution in [1.82, 2.24) is 9.78 Å². The summed E-state index contributed by atoms with van der Waals surface area (Å²) in [6.45, 7) is 3.18. The van der Waals surface area contributed by atoms with E-state index in [9.17, 15) is 18.4 Å². The molecule has 9 heteroatoms. The Labute approximate surface area is 137 Å². The van der Waals surface area contributed by atoms with E-state index in [2.05, 4.69) is 21.0 Å². The fraction of sp³-hybridized carbons (Fsp3) is 0.267. The molecule has 0 aliphatic carbocycles. The number of carbonyl (C=O) groups excluding carboxylic acids is 2. The highest BCUT2D eigenvalue weighted by Gasteiger charge is 2.15. The zero-order chi connectivity index (χ0) is 17.9. The molecule has 24 heavy (non-hydrogen) atoms. The van der Waals surface area contributed by atoms with E-state index in [-0.39, 0.29) is 17.4 Å². The summed E-state index contributed by atoms with van der Waals surface area (Å²) in [5.41, 5.74) is 1.60. The van der Waals surface area contributed by atoms with Gasteiger partial charge in [-0.25, -0.2) is 13.6 Å². The second-order valence-corrected chi connectivity index (χ2v) is 5.17. The third-order valence-corrected chi connectivity index (χ3v) is 3.18. The molecule has 0 aliphatic rings. The van der Waals surface area contributed by atoms with Gasteiger partial charge in [0.1, 0.15) is 5.69 Å². The van der Waals surface area contributed by atoms with Gasteiger partial charge in [0, 0.05) is 31.4 Å². The third-order valence-electron chi connectivity index (χ3n) is 3.18. The maximum Gasteiger partial charge on any atom is 0.324 e. The van der Waals surface area contributed by atoms with E-state index in [4.69, 9.17) is 0 Å². The molecule has 1 aromatic carbocycles. The Balaban J connectivity index is 2.03. The zero-order valence-corrected chi connectivity index (χ0v) is 13.4. The number of urea groups is 1. The molecule has 2 aromatic rings. The SMILES string of the molecule is CC(=O)Nc1ccc(NC(=O)Nc2cc(C(F)F)n(C)n2)cc1C. The molecule has 0 radical (unpaired) electrons. The summed E-state index contributed by atoms with van der Waals surface area (Å²) in [6, 6.07) is 5.44. The number of hydrogen-bond acceptors (Lipinski definition) is 3. The van der Waals surface area contributed by atoms with Crippen LogP contribution in [0.1, 0.15) is 24.6 Å². The average Bonchev–Trinajstić information content (AvgIpc) is 2.82. The van der Waals surface area contributed by atoms with Gasteiger partial charge < -0.3 is 10.6 Å². The topological polar surface area (TPSA) is 88.0 Å². The summed E-state index contributed by atoms with van der Waals surface area (Å²) in [5.74, 6) is -0.168. The standard InChI is InChI=1S/C15H17F2N5O2/c1-8-6-10(4-5-11(8)18-9(2)23)19-15(24)20-13-7-12(14(16)17)22(3)21-13/h4-7,14H,1-3H3,(H,18,23)(H2,19,20,21,24). The molecule has 0 unspecified atom stereocenters.